The number of hydrogen-bond donors (Lipinski definition) is 0. The van der Waals surface area contributed by atoms with Gasteiger partial charge in [-0.2, -0.15) is 0 Å². The van der Waals surface area contributed by atoms with Gasteiger partial charge in [0.1, 0.15) is 5.84 Å². The molecule has 0 N–H and O–H groups in total. The third kappa shape index (κ3) is 2.98. The van der Waals surface area contributed by atoms with Crippen molar-refractivity contribution >= 4 is 5.84 Å². The second-order valence-corrected chi connectivity index (χ2v) is 6.36. The van der Waals surface area contributed by atoms with E-state index in [9.17, 15) is 0 Å². The molecule has 0 fully saturated rings. The molecule has 104 valence electrons. The smallest absolute Gasteiger partial charge is 0.212 e. The Kier molecular flexibility index (Phi) is 3.68. The molecule has 1 aliphatic heterocycles. The quantitative estimate of drug-likeness (QED) is 0.821. The molecule has 1 aliphatic rings. The summed E-state index contributed by atoms with van der Waals surface area (Å²) in [6, 6.07) is 10.3. The van der Waals surface area contributed by atoms with Crippen molar-refractivity contribution in [3.05, 3.63) is 35.9 Å². The molecule has 0 amide bonds. The van der Waals surface area contributed by atoms with Crippen LogP contribution in [0.1, 0.15) is 46.1 Å². The van der Waals surface area contributed by atoms with Gasteiger partial charge in [0.2, 0.25) is 5.72 Å². The number of nitrogens with zero attached hydrogens (tertiary/aromatic N) is 2. The lowest BCUT2D eigenvalue weighted by Gasteiger charge is -2.25. The van der Waals surface area contributed by atoms with E-state index in [0.717, 1.165) is 24.2 Å². The van der Waals surface area contributed by atoms with Crippen LogP contribution in [0, 0.1) is 5.41 Å². The molecule has 0 saturated carbocycles. The van der Waals surface area contributed by atoms with E-state index in [-0.39, 0.29) is 5.41 Å². The molecule has 0 radical (unpaired) electrons. The van der Waals surface area contributed by atoms with Crippen molar-refractivity contribution in [3.63, 3.8) is 0 Å². The fraction of sp³-hybridized carbons (Fsp3) is 0.562. The molecule has 1 atom stereocenters. The normalized spacial score (nSPS) is 23.6. The molecule has 3 heteroatoms. The zero-order chi connectivity index (χ0) is 14.1. The third-order valence-electron chi connectivity index (χ3n) is 3.35. The monoisotopic (exact) mass is 260 g/mol. The first-order valence-corrected chi connectivity index (χ1v) is 6.93. The number of amidine groups is 1. The van der Waals surface area contributed by atoms with Gasteiger partial charge < -0.3 is 0 Å². The molecule has 0 aromatic heterocycles. The van der Waals surface area contributed by atoms with Crippen LogP contribution >= 0.6 is 0 Å². The Morgan fingerprint density at radius 3 is 2.37 bits per heavy atom. The Bertz CT molecular complexity index is 461. The second kappa shape index (κ2) is 4.97. The summed E-state index contributed by atoms with van der Waals surface area (Å²) in [5.41, 5.74) is 0.779. The third-order valence-corrected chi connectivity index (χ3v) is 3.35. The van der Waals surface area contributed by atoms with Gasteiger partial charge in [-0.3, -0.25) is 0 Å². The van der Waals surface area contributed by atoms with E-state index in [4.69, 9.17) is 9.83 Å². The zero-order valence-corrected chi connectivity index (χ0v) is 12.6. The second-order valence-electron chi connectivity index (χ2n) is 6.36. The van der Waals surface area contributed by atoms with Crippen molar-refractivity contribution in [1.82, 2.24) is 5.06 Å². The van der Waals surface area contributed by atoms with Gasteiger partial charge in [0, 0.05) is 25.5 Å². The molecular formula is C16H24N2O. The van der Waals surface area contributed by atoms with Gasteiger partial charge in [-0.05, 0) is 5.41 Å². The molecule has 1 heterocycles. The minimum Gasteiger partial charge on any atom is -0.240 e. The van der Waals surface area contributed by atoms with E-state index in [1.54, 1.807) is 0 Å². The molecule has 3 nitrogen and oxygen atoms in total. The molecule has 1 aromatic carbocycles. The SMILES string of the molecule is CCC1(c2ccccc2)N=C(CC(C)(C)C)N(C)O1. The first kappa shape index (κ1) is 14.1. The Balaban J connectivity index is 2.34. The van der Waals surface area contributed by atoms with Crippen LogP contribution in [0.5, 0.6) is 0 Å². The number of hydroxylamine groups is 2. The van der Waals surface area contributed by atoms with E-state index < -0.39 is 5.72 Å². The molecule has 0 aliphatic carbocycles. The van der Waals surface area contributed by atoms with Crippen LogP contribution in [0.3, 0.4) is 0 Å². The van der Waals surface area contributed by atoms with Gasteiger partial charge in [-0.1, -0.05) is 58.0 Å². The summed E-state index contributed by atoms with van der Waals surface area (Å²) in [4.78, 5) is 11.0. The van der Waals surface area contributed by atoms with Crippen molar-refractivity contribution < 1.29 is 4.84 Å². The lowest BCUT2D eigenvalue weighted by Crippen LogP contribution is -2.29. The molecule has 1 unspecified atom stereocenters. The van der Waals surface area contributed by atoms with Gasteiger partial charge in [0.15, 0.2) is 0 Å². The number of benzene rings is 1. The maximum Gasteiger partial charge on any atom is 0.212 e. The van der Waals surface area contributed by atoms with E-state index in [1.165, 1.54) is 0 Å². The van der Waals surface area contributed by atoms with Gasteiger partial charge >= 0.3 is 0 Å². The van der Waals surface area contributed by atoms with Crippen molar-refractivity contribution in [2.75, 3.05) is 7.05 Å². The van der Waals surface area contributed by atoms with Crippen molar-refractivity contribution in [3.8, 4) is 0 Å². The van der Waals surface area contributed by atoms with Crippen LogP contribution in [-0.2, 0) is 10.6 Å². The van der Waals surface area contributed by atoms with Gasteiger partial charge in [-0.15, -0.1) is 0 Å². The van der Waals surface area contributed by atoms with Crippen LogP contribution in [0.4, 0.5) is 0 Å². The van der Waals surface area contributed by atoms with Gasteiger partial charge in [0.25, 0.3) is 0 Å². The highest BCUT2D eigenvalue weighted by Gasteiger charge is 2.40. The zero-order valence-electron chi connectivity index (χ0n) is 12.6. The molecule has 0 saturated heterocycles. The Hall–Kier alpha value is -1.35. The van der Waals surface area contributed by atoms with E-state index in [0.29, 0.717) is 0 Å². The Morgan fingerprint density at radius 2 is 1.84 bits per heavy atom. The lowest BCUT2D eigenvalue weighted by atomic mass is 9.91. The van der Waals surface area contributed by atoms with Gasteiger partial charge in [0.05, 0.1) is 0 Å². The predicted octanol–water partition coefficient (Wildman–Crippen LogP) is 3.96. The van der Waals surface area contributed by atoms with E-state index in [1.807, 2.05) is 30.3 Å². The minimum absolute atomic E-state index is 0.205. The van der Waals surface area contributed by atoms with Crippen LogP contribution in [0.2, 0.25) is 0 Å². The summed E-state index contributed by atoms with van der Waals surface area (Å²) in [5.74, 6) is 1.03. The molecule has 2 rings (SSSR count). The Morgan fingerprint density at radius 1 is 1.21 bits per heavy atom. The molecular weight excluding hydrogens is 236 g/mol. The highest BCUT2D eigenvalue weighted by Crippen LogP contribution is 2.38. The topological polar surface area (TPSA) is 24.8 Å². The van der Waals surface area contributed by atoms with Crippen molar-refractivity contribution in [2.24, 2.45) is 10.4 Å². The van der Waals surface area contributed by atoms with Crippen LogP contribution in [0.25, 0.3) is 0 Å². The fourth-order valence-corrected chi connectivity index (χ4v) is 2.37. The fourth-order valence-electron chi connectivity index (χ4n) is 2.37. The summed E-state index contributed by atoms with van der Waals surface area (Å²) < 4.78 is 0. The van der Waals surface area contributed by atoms with E-state index >= 15 is 0 Å². The minimum atomic E-state index is -0.545. The first-order valence-electron chi connectivity index (χ1n) is 6.93. The maximum atomic E-state index is 6.07. The summed E-state index contributed by atoms with van der Waals surface area (Å²) in [5, 5.41) is 1.84. The Labute approximate surface area is 116 Å². The molecule has 0 bridgehead atoms. The molecule has 1 aromatic rings. The number of hydrogen-bond acceptors (Lipinski definition) is 3. The highest BCUT2D eigenvalue weighted by molar-refractivity contribution is 5.83. The molecule has 0 spiro atoms. The summed E-state index contributed by atoms with van der Waals surface area (Å²) in [6.45, 7) is 8.78. The first-order chi connectivity index (χ1) is 8.86. The average Bonchev–Trinajstić information content (AvgIpc) is 2.66. The summed E-state index contributed by atoms with van der Waals surface area (Å²) >= 11 is 0. The maximum absolute atomic E-state index is 6.07. The largest absolute Gasteiger partial charge is 0.240 e. The summed E-state index contributed by atoms with van der Waals surface area (Å²) in [6.07, 6.45) is 1.74. The lowest BCUT2D eigenvalue weighted by molar-refractivity contribution is -0.174. The van der Waals surface area contributed by atoms with E-state index in [2.05, 4.69) is 39.8 Å². The highest BCUT2D eigenvalue weighted by atomic mass is 16.7. The number of rotatable bonds is 3. The van der Waals surface area contributed by atoms with Gasteiger partial charge in [-0.25, -0.2) is 14.9 Å². The standard InChI is InChI=1S/C16H24N2O/c1-6-16(13-10-8-7-9-11-13)17-14(18(5)19-16)12-15(2,3)4/h7-11H,6,12H2,1-5H3. The van der Waals surface area contributed by atoms with Crippen molar-refractivity contribution in [2.45, 2.75) is 46.3 Å². The number of aliphatic imine (C=N–C) groups is 1. The van der Waals surface area contributed by atoms with Crippen LogP contribution < -0.4 is 0 Å². The predicted molar refractivity (Wildman–Crippen MR) is 78.8 cm³/mol. The van der Waals surface area contributed by atoms with Crippen LogP contribution in [0.15, 0.2) is 35.3 Å². The average molecular weight is 260 g/mol. The van der Waals surface area contributed by atoms with Crippen molar-refractivity contribution in [1.29, 1.82) is 0 Å². The summed E-state index contributed by atoms with van der Waals surface area (Å²) in [7, 11) is 1.95. The van der Waals surface area contributed by atoms with Crippen LogP contribution in [-0.4, -0.2) is 17.9 Å². The molecule has 19 heavy (non-hydrogen) atoms.